The fourth-order valence-corrected chi connectivity index (χ4v) is 2.43. The van der Waals surface area contributed by atoms with Crippen molar-refractivity contribution in [1.29, 1.82) is 0 Å². The Morgan fingerprint density at radius 2 is 1.95 bits per heavy atom. The van der Waals surface area contributed by atoms with Gasteiger partial charge in [-0.05, 0) is 50.6 Å². The molecule has 1 heterocycles. The molecule has 0 spiro atoms. The number of anilines is 1. The van der Waals surface area contributed by atoms with Gasteiger partial charge in [-0.1, -0.05) is 15.9 Å². The molecule has 0 atom stereocenters. The number of halogens is 2. The molecule has 2 aromatic rings. The van der Waals surface area contributed by atoms with Crippen molar-refractivity contribution in [2.75, 3.05) is 5.32 Å². The third-order valence-corrected chi connectivity index (χ3v) is 3.43. The SMILES string of the molecule is Cc1cc(C)c(NC(=O)c2cc(Br)ccc2F)c(C)n1. The summed E-state index contributed by atoms with van der Waals surface area (Å²) in [5, 5.41) is 2.73. The van der Waals surface area contributed by atoms with Gasteiger partial charge in [0, 0.05) is 10.2 Å². The second kappa shape index (κ2) is 5.71. The first-order valence-corrected chi connectivity index (χ1v) is 6.89. The van der Waals surface area contributed by atoms with Crippen LogP contribution in [0.5, 0.6) is 0 Å². The van der Waals surface area contributed by atoms with Crippen LogP contribution in [0.3, 0.4) is 0 Å². The maximum atomic E-state index is 13.7. The van der Waals surface area contributed by atoms with Crippen molar-refractivity contribution in [2.45, 2.75) is 20.8 Å². The number of nitrogens with one attached hydrogen (secondary N) is 1. The van der Waals surface area contributed by atoms with Crippen LogP contribution in [-0.4, -0.2) is 10.9 Å². The minimum absolute atomic E-state index is 0.00116. The molecule has 0 aliphatic rings. The van der Waals surface area contributed by atoms with E-state index >= 15 is 0 Å². The van der Waals surface area contributed by atoms with Crippen LogP contribution in [0, 0.1) is 26.6 Å². The molecule has 0 aliphatic heterocycles. The number of hydrogen-bond acceptors (Lipinski definition) is 2. The molecule has 3 nitrogen and oxygen atoms in total. The summed E-state index contributed by atoms with van der Waals surface area (Å²) in [7, 11) is 0. The molecule has 1 aromatic carbocycles. The van der Waals surface area contributed by atoms with Gasteiger partial charge in [0.2, 0.25) is 0 Å². The molecule has 0 unspecified atom stereocenters. The van der Waals surface area contributed by atoms with E-state index in [1.165, 1.54) is 12.1 Å². The van der Waals surface area contributed by atoms with Crippen LogP contribution in [0.2, 0.25) is 0 Å². The third-order valence-electron chi connectivity index (χ3n) is 2.94. The summed E-state index contributed by atoms with van der Waals surface area (Å²) in [6, 6.07) is 6.14. The first kappa shape index (κ1) is 14.7. The van der Waals surface area contributed by atoms with E-state index in [1.54, 1.807) is 6.07 Å². The first-order chi connectivity index (χ1) is 9.38. The zero-order valence-electron chi connectivity index (χ0n) is 11.4. The summed E-state index contributed by atoms with van der Waals surface area (Å²) in [6.07, 6.45) is 0. The quantitative estimate of drug-likeness (QED) is 0.894. The highest BCUT2D eigenvalue weighted by Gasteiger charge is 2.15. The van der Waals surface area contributed by atoms with Crippen molar-refractivity contribution in [3.63, 3.8) is 0 Å². The Labute approximate surface area is 125 Å². The molecule has 104 valence electrons. The Morgan fingerprint density at radius 1 is 1.25 bits per heavy atom. The second-order valence-corrected chi connectivity index (χ2v) is 5.53. The molecule has 1 N–H and O–H groups in total. The number of amides is 1. The van der Waals surface area contributed by atoms with Gasteiger partial charge < -0.3 is 5.32 Å². The standard InChI is InChI=1S/C15H14BrFN2O/c1-8-6-9(2)18-10(3)14(8)19-15(20)12-7-11(16)4-5-13(12)17/h4-7H,1-3H3,(H,19,20). The van der Waals surface area contributed by atoms with E-state index in [-0.39, 0.29) is 5.56 Å². The van der Waals surface area contributed by atoms with Crippen molar-refractivity contribution in [3.8, 4) is 0 Å². The monoisotopic (exact) mass is 336 g/mol. The lowest BCUT2D eigenvalue weighted by atomic mass is 10.1. The topological polar surface area (TPSA) is 42.0 Å². The van der Waals surface area contributed by atoms with E-state index < -0.39 is 11.7 Å². The van der Waals surface area contributed by atoms with Crippen LogP contribution in [0.4, 0.5) is 10.1 Å². The van der Waals surface area contributed by atoms with Crippen LogP contribution in [0.1, 0.15) is 27.3 Å². The second-order valence-electron chi connectivity index (χ2n) is 4.62. The summed E-state index contributed by atoms with van der Waals surface area (Å²) < 4.78 is 14.3. The molecule has 1 amide bonds. The van der Waals surface area contributed by atoms with Crippen molar-refractivity contribution >= 4 is 27.5 Å². The average Bonchev–Trinajstić information content (AvgIpc) is 2.36. The van der Waals surface area contributed by atoms with Gasteiger partial charge in [-0.25, -0.2) is 4.39 Å². The first-order valence-electron chi connectivity index (χ1n) is 6.09. The smallest absolute Gasteiger partial charge is 0.258 e. The van der Waals surface area contributed by atoms with Crippen LogP contribution in [-0.2, 0) is 0 Å². The van der Waals surface area contributed by atoms with Gasteiger partial charge in [-0.3, -0.25) is 9.78 Å². The molecule has 0 saturated carbocycles. The highest BCUT2D eigenvalue weighted by molar-refractivity contribution is 9.10. The molecule has 0 fully saturated rings. The van der Waals surface area contributed by atoms with Gasteiger partial charge >= 0.3 is 0 Å². The summed E-state index contributed by atoms with van der Waals surface area (Å²) in [4.78, 5) is 16.5. The number of aromatic nitrogens is 1. The predicted octanol–water partition coefficient (Wildman–Crippen LogP) is 4.16. The Balaban J connectivity index is 2.35. The molecule has 0 aliphatic carbocycles. The molecule has 2 rings (SSSR count). The van der Waals surface area contributed by atoms with E-state index in [4.69, 9.17) is 0 Å². The van der Waals surface area contributed by atoms with Crippen molar-refractivity contribution in [1.82, 2.24) is 4.98 Å². The summed E-state index contributed by atoms with van der Waals surface area (Å²) in [5.74, 6) is -1.04. The van der Waals surface area contributed by atoms with Crippen LogP contribution in [0.15, 0.2) is 28.7 Å². The highest BCUT2D eigenvalue weighted by Crippen LogP contribution is 2.22. The molecule has 1 aromatic heterocycles. The van der Waals surface area contributed by atoms with Gasteiger partial charge in [0.05, 0.1) is 16.9 Å². The lowest BCUT2D eigenvalue weighted by molar-refractivity contribution is 0.102. The van der Waals surface area contributed by atoms with Crippen LogP contribution >= 0.6 is 15.9 Å². The fraction of sp³-hybridized carbons (Fsp3) is 0.200. The highest BCUT2D eigenvalue weighted by atomic mass is 79.9. The number of nitrogens with zero attached hydrogens (tertiary/aromatic N) is 1. The third kappa shape index (κ3) is 3.04. The summed E-state index contributed by atoms with van der Waals surface area (Å²) in [5.41, 5.74) is 3.12. The lowest BCUT2D eigenvalue weighted by Gasteiger charge is -2.12. The molecular formula is C15H14BrFN2O. The van der Waals surface area contributed by atoms with E-state index in [0.29, 0.717) is 15.9 Å². The van der Waals surface area contributed by atoms with Crippen LogP contribution in [0.25, 0.3) is 0 Å². The van der Waals surface area contributed by atoms with Gasteiger partial charge in [-0.2, -0.15) is 0 Å². The number of hydrogen-bond donors (Lipinski definition) is 1. The zero-order valence-corrected chi connectivity index (χ0v) is 13.0. The van der Waals surface area contributed by atoms with Crippen molar-refractivity contribution in [2.24, 2.45) is 0 Å². The van der Waals surface area contributed by atoms with Crippen molar-refractivity contribution < 1.29 is 9.18 Å². The fourth-order valence-electron chi connectivity index (χ4n) is 2.06. The lowest BCUT2D eigenvalue weighted by Crippen LogP contribution is -2.16. The molecule has 20 heavy (non-hydrogen) atoms. The average molecular weight is 337 g/mol. The zero-order chi connectivity index (χ0) is 14.9. The summed E-state index contributed by atoms with van der Waals surface area (Å²) >= 11 is 3.23. The number of rotatable bonds is 2. The van der Waals surface area contributed by atoms with Crippen LogP contribution < -0.4 is 5.32 Å². The Morgan fingerprint density at radius 3 is 2.60 bits per heavy atom. The minimum atomic E-state index is -0.555. The number of pyridine rings is 1. The van der Waals surface area contributed by atoms with Gasteiger partial charge in [0.1, 0.15) is 5.82 Å². The van der Waals surface area contributed by atoms with Gasteiger partial charge in [-0.15, -0.1) is 0 Å². The van der Waals surface area contributed by atoms with Crippen molar-refractivity contribution in [3.05, 3.63) is 57.1 Å². The normalized spacial score (nSPS) is 10.4. The minimum Gasteiger partial charge on any atom is -0.320 e. The Kier molecular flexibility index (Phi) is 4.18. The summed E-state index contributed by atoms with van der Waals surface area (Å²) in [6.45, 7) is 5.58. The van der Waals surface area contributed by atoms with E-state index in [0.717, 1.165) is 11.3 Å². The number of carbonyl (C=O) groups is 1. The Bertz CT molecular complexity index is 663. The van der Waals surface area contributed by atoms with Gasteiger partial charge in [0.25, 0.3) is 5.91 Å². The van der Waals surface area contributed by atoms with E-state index in [1.807, 2.05) is 26.8 Å². The maximum Gasteiger partial charge on any atom is 0.258 e. The number of carbonyl (C=O) groups excluding carboxylic acids is 1. The number of benzene rings is 1. The van der Waals surface area contributed by atoms with E-state index in [2.05, 4.69) is 26.2 Å². The molecule has 5 heteroatoms. The molecule has 0 saturated heterocycles. The van der Waals surface area contributed by atoms with E-state index in [9.17, 15) is 9.18 Å². The predicted molar refractivity (Wildman–Crippen MR) is 80.5 cm³/mol. The molecule has 0 radical (unpaired) electrons. The van der Waals surface area contributed by atoms with Gasteiger partial charge in [0.15, 0.2) is 0 Å². The largest absolute Gasteiger partial charge is 0.320 e. The molecular weight excluding hydrogens is 323 g/mol. The Hall–Kier alpha value is -1.75. The number of aryl methyl sites for hydroxylation is 3. The molecule has 0 bridgehead atoms. The maximum absolute atomic E-state index is 13.7.